The fraction of sp³-hybridized carbons (Fsp3) is 0.700. The number of thioether (sulfide) groups is 1. The highest BCUT2D eigenvalue weighted by Crippen LogP contribution is 2.26. The number of hydrogen-bond donors (Lipinski definition) is 2. The molecule has 0 amide bonds. The van der Waals surface area contributed by atoms with Crippen LogP contribution >= 0.6 is 11.8 Å². The number of H-pyrrole nitrogens is 1. The van der Waals surface area contributed by atoms with Gasteiger partial charge in [-0.1, -0.05) is 6.92 Å². The van der Waals surface area contributed by atoms with Crippen LogP contribution in [0.5, 0.6) is 0 Å². The average molecular weight is 211 g/mol. The fourth-order valence-corrected chi connectivity index (χ4v) is 3.03. The molecule has 0 spiro atoms. The minimum atomic E-state index is 0.664. The highest BCUT2D eigenvalue weighted by atomic mass is 32.2. The number of aryl methyl sites for hydroxylation is 1. The Morgan fingerprint density at radius 3 is 3.14 bits per heavy atom. The Labute approximate surface area is 89.1 Å². The van der Waals surface area contributed by atoms with E-state index in [1.807, 2.05) is 6.92 Å². The van der Waals surface area contributed by atoms with Gasteiger partial charge >= 0.3 is 0 Å². The van der Waals surface area contributed by atoms with E-state index >= 15 is 0 Å². The van der Waals surface area contributed by atoms with Gasteiger partial charge in [0.1, 0.15) is 0 Å². The molecule has 78 valence electrons. The second-order valence-electron chi connectivity index (χ2n) is 3.89. The lowest BCUT2D eigenvalue weighted by Crippen LogP contribution is -2.32. The van der Waals surface area contributed by atoms with Crippen molar-refractivity contribution in [2.45, 2.75) is 38.1 Å². The van der Waals surface area contributed by atoms with E-state index in [0.717, 1.165) is 23.2 Å². The third-order valence-electron chi connectivity index (χ3n) is 2.68. The van der Waals surface area contributed by atoms with Crippen LogP contribution in [-0.4, -0.2) is 27.2 Å². The van der Waals surface area contributed by atoms with Crippen LogP contribution in [-0.2, 0) is 6.54 Å². The normalized spacial score (nSPS) is 27.0. The lowest BCUT2D eigenvalue weighted by atomic mass is 10.1. The molecular formula is C10H17N3S. The zero-order chi connectivity index (χ0) is 9.97. The van der Waals surface area contributed by atoms with E-state index in [1.54, 1.807) is 0 Å². The molecule has 1 aliphatic rings. The number of nitrogens with zero attached hydrogens (tertiary/aromatic N) is 1. The first-order valence-electron chi connectivity index (χ1n) is 5.11. The minimum absolute atomic E-state index is 0.664. The lowest BCUT2D eigenvalue weighted by Gasteiger charge is -2.15. The summed E-state index contributed by atoms with van der Waals surface area (Å²) in [5, 5.41) is 11.5. The van der Waals surface area contributed by atoms with Crippen LogP contribution in [0.1, 0.15) is 24.7 Å². The average Bonchev–Trinajstić information content (AvgIpc) is 2.72. The molecule has 3 nitrogen and oxygen atoms in total. The van der Waals surface area contributed by atoms with Crippen LogP contribution in [0.15, 0.2) is 6.07 Å². The molecule has 2 heterocycles. The topological polar surface area (TPSA) is 40.7 Å². The van der Waals surface area contributed by atoms with Crippen LogP contribution in [0, 0.1) is 6.92 Å². The standard InChI is InChI=1S/C10H17N3S/c1-7-5-9(13-12-7)6-11-10-3-4-14-8(10)2/h5,8,10-11H,3-4,6H2,1-2H3,(H,12,13). The smallest absolute Gasteiger partial charge is 0.0762 e. The van der Waals surface area contributed by atoms with E-state index < -0.39 is 0 Å². The molecule has 4 heteroatoms. The summed E-state index contributed by atoms with van der Waals surface area (Å²) in [4.78, 5) is 0. The van der Waals surface area contributed by atoms with E-state index in [1.165, 1.54) is 12.2 Å². The molecule has 0 radical (unpaired) electrons. The van der Waals surface area contributed by atoms with E-state index in [2.05, 4.69) is 40.3 Å². The summed E-state index contributed by atoms with van der Waals surface area (Å²) >= 11 is 2.05. The van der Waals surface area contributed by atoms with Crippen molar-refractivity contribution in [2.24, 2.45) is 0 Å². The SMILES string of the molecule is Cc1cc(CNC2CCSC2C)n[nH]1. The summed E-state index contributed by atoms with van der Waals surface area (Å²) in [6, 6.07) is 2.76. The third kappa shape index (κ3) is 2.30. The Morgan fingerprint density at radius 2 is 2.57 bits per heavy atom. The predicted molar refractivity (Wildman–Crippen MR) is 60.5 cm³/mol. The van der Waals surface area contributed by atoms with Gasteiger partial charge in [0.15, 0.2) is 0 Å². The first kappa shape index (κ1) is 10.1. The summed E-state index contributed by atoms with van der Waals surface area (Å²) in [7, 11) is 0. The second kappa shape index (κ2) is 4.36. The predicted octanol–water partition coefficient (Wildman–Crippen LogP) is 1.70. The molecule has 1 aliphatic heterocycles. The van der Waals surface area contributed by atoms with Gasteiger partial charge in [-0.05, 0) is 25.2 Å². The maximum Gasteiger partial charge on any atom is 0.0762 e. The Balaban J connectivity index is 1.82. The molecule has 1 fully saturated rings. The van der Waals surface area contributed by atoms with Gasteiger partial charge in [0.2, 0.25) is 0 Å². The second-order valence-corrected chi connectivity index (χ2v) is 5.38. The van der Waals surface area contributed by atoms with E-state index in [4.69, 9.17) is 0 Å². The number of aromatic nitrogens is 2. The van der Waals surface area contributed by atoms with Crippen LogP contribution in [0.4, 0.5) is 0 Å². The first-order valence-corrected chi connectivity index (χ1v) is 6.16. The molecular weight excluding hydrogens is 194 g/mol. The number of rotatable bonds is 3. The summed E-state index contributed by atoms with van der Waals surface area (Å²) in [5.74, 6) is 1.29. The van der Waals surface area contributed by atoms with Crippen molar-refractivity contribution in [3.63, 3.8) is 0 Å². The van der Waals surface area contributed by atoms with Crippen LogP contribution in [0.25, 0.3) is 0 Å². The first-order chi connectivity index (χ1) is 6.75. The summed E-state index contributed by atoms with van der Waals surface area (Å²) in [6.45, 7) is 5.22. The van der Waals surface area contributed by atoms with Crippen molar-refractivity contribution in [1.82, 2.24) is 15.5 Å². The molecule has 2 N–H and O–H groups in total. The molecule has 0 saturated carbocycles. The van der Waals surface area contributed by atoms with Crippen molar-refractivity contribution in [3.8, 4) is 0 Å². The fourth-order valence-electron chi connectivity index (χ4n) is 1.80. The summed E-state index contributed by atoms with van der Waals surface area (Å²) < 4.78 is 0. The van der Waals surface area contributed by atoms with Crippen LogP contribution < -0.4 is 5.32 Å². The zero-order valence-corrected chi connectivity index (χ0v) is 9.53. The molecule has 0 bridgehead atoms. The number of hydrogen-bond acceptors (Lipinski definition) is 3. The molecule has 0 aliphatic carbocycles. The van der Waals surface area contributed by atoms with Crippen molar-refractivity contribution in [3.05, 3.63) is 17.5 Å². The van der Waals surface area contributed by atoms with Crippen molar-refractivity contribution in [1.29, 1.82) is 0 Å². The van der Waals surface area contributed by atoms with Crippen molar-refractivity contribution < 1.29 is 0 Å². The maximum absolute atomic E-state index is 4.21. The Bertz CT molecular complexity index is 297. The van der Waals surface area contributed by atoms with Gasteiger partial charge in [0.05, 0.1) is 5.69 Å². The molecule has 2 atom stereocenters. The molecule has 2 unspecified atom stereocenters. The van der Waals surface area contributed by atoms with Crippen molar-refractivity contribution >= 4 is 11.8 Å². The molecule has 1 aromatic rings. The highest BCUT2D eigenvalue weighted by Gasteiger charge is 2.23. The molecule has 1 aromatic heterocycles. The van der Waals surface area contributed by atoms with Crippen LogP contribution in [0.2, 0.25) is 0 Å². The summed E-state index contributed by atoms with van der Waals surface area (Å²) in [5.41, 5.74) is 2.25. The number of nitrogens with one attached hydrogen (secondary N) is 2. The van der Waals surface area contributed by atoms with E-state index in [0.29, 0.717) is 6.04 Å². The molecule has 2 rings (SSSR count). The van der Waals surface area contributed by atoms with Gasteiger partial charge in [-0.15, -0.1) is 0 Å². The Morgan fingerprint density at radius 1 is 1.71 bits per heavy atom. The minimum Gasteiger partial charge on any atom is -0.307 e. The van der Waals surface area contributed by atoms with Gasteiger partial charge in [-0.25, -0.2) is 0 Å². The Hall–Kier alpha value is -0.480. The Kier molecular flexibility index (Phi) is 3.13. The molecule has 14 heavy (non-hydrogen) atoms. The van der Waals surface area contributed by atoms with Gasteiger partial charge in [-0.3, -0.25) is 5.10 Å². The molecule has 0 aromatic carbocycles. The van der Waals surface area contributed by atoms with Crippen molar-refractivity contribution in [2.75, 3.05) is 5.75 Å². The quantitative estimate of drug-likeness (QED) is 0.799. The molecule has 1 saturated heterocycles. The zero-order valence-electron chi connectivity index (χ0n) is 8.71. The maximum atomic E-state index is 4.21. The monoisotopic (exact) mass is 211 g/mol. The van der Waals surface area contributed by atoms with E-state index in [9.17, 15) is 0 Å². The third-order valence-corrected chi connectivity index (χ3v) is 4.01. The lowest BCUT2D eigenvalue weighted by molar-refractivity contribution is 0.508. The van der Waals surface area contributed by atoms with Gasteiger partial charge in [-0.2, -0.15) is 16.9 Å². The van der Waals surface area contributed by atoms with Gasteiger partial charge < -0.3 is 5.32 Å². The van der Waals surface area contributed by atoms with E-state index in [-0.39, 0.29) is 0 Å². The van der Waals surface area contributed by atoms with Gasteiger partial charge in [0.25, 0.3) is 0 Å². The number of aromatic amines is 1. The van der Waals surface area contributed by atoms with Crippen LogP contribution in [0.3, 0.4) is 0 Å². The summed E-state index contributed by atoms with van der Waals surface area (Å²) in [6.07, 6.45) is 1.29. The highest BCUT2D eigenvalue weighted by molar-refractivity contribution is 8.00. The van der Waals surface area contributed by atoms with Gasteiger partial charge in [0, 0.05) is 23.5 Å². The largest absolute Gasteiger partial charge is 0.307 e.